The normalized spacial score (nSPS) is 19.9. The molecule has 1 aromatic rings. The van der Waals surface area contributed by atoms with Crippen molar-refractivity contribution in [3.05, 3.63) is 41.5 Å². The average Bonchev–Trinajstić information content (AvgIpc) is 2.27. The Balaban J connectivity index is 2.42. The van der Waals surface area contributed by atoms with E-state index in [0.717, 1.165) is 12.2 Å². The third-order valence-corrected chi connectivity index (χ3v) is 2.90. The first-order chi connectivity index (χ1) is 6.85. The molecule has 0 fully saturated rings. The van der Waals surface area contributed by atoms with Gasteiger partial charge in [-0.3, -0.25) is 0 Å². The lowest BCUT2D eigenvalue weighted by molar-refractivity contribution is 0.361. The van der Waals surface area contributed by atoms with Crippen LogP contribution in [0.25, 0.3) is 5.76 Å². The molecule has 1 aliphatic carbocycles. The van der Waals surface area contributed by atoms with Crippen molar-refractivity contribution in [3.63, 3.8) is 0 Å². The predicted octanol–water partition coefficient (Wildman–Crippen LogP) is 3.26. The molecule has 0 saturated heterocycles. The molecule has 2 rings (SSSR count). The fraction of sp³-hybridized carbons (Fsp3) is 0.385. The molecule has 0 bridgehead atoms. The minimum Gasteiger partial charge on any atom is -0.496 e. The van der Waals surface area contributed by atoms with Gasteiger partial charge in [-0.05, 0) is 30.4 Å². The summed E-state index contributed by atoms with van der Waals surface area (Å²) in [4.78, 5) is 0. The summed E-state index contributed by atoms with van der Waals surface area (Å²) in [5.41, 5.74) is 2.68. The number of hydrogen-bond donors (Lipinski definition) is 0. The second kappa shape index (κ2) is 3.87. The van der Waals surface area contributed by atoms with E-state index >= 15 is 0 Å². The molecule has 1 unspecified atom stereocenters. The number of rotatable bonds is 2. The van der Waals surface area contributed by atoms with Gasteiger partial charge in [-0.25, -0.2) is 0 Å². The van der Waals surface area contributed by atoms with Crippen LogP contribution in [0.15, 0.2) is 30.3 Å². The van der Waals surface area contributed by atoms with E-state index in [1.807, 2.05) is 0 Å². The predicted molar refractivity (Wildman–Crippen MR) is 58.9 cm³/mol. The monoisotopic (exact) mass is 188 g/mol. The molecule has 14 heavy (non-hydrogen) atoms. The van der Waals surface area contributed by atoms with Crippen molar-refractivity contribution in [3.8, 4) is 0 Å². The van der Waals surface area contributed by atoms with Gasteiger partial charge < -0.3 is 4.74 Å². The van der Waals surface area contributed by atoms with Crippen LogP contribution in [-0.4, -0.2) is 7.11 Å². The van der Waals surface area contributed by atoms with E-state index in [1.165, 1.54) is 17.5 Å². The number of hydrogen-bond acceptors (Lipinski definition) is 1. The minimum atomic E-state index is 0.639. The van der Waals surface area contributed by atoms with E-state index in [-0.39, 0.29) is 0 Å². The summed E-state index contributed by atoms with van der Waals surface area (Å²) < 4.78 is 5.41. The SMILES string of the molecule is CCC1C=C(OC)c2ccccc2C1. The van der Waals surface area contributed by atoms with Crippen molar-refractivity contribution in [2.45, 2.75) is 19.8 Å². The standard InChI is InChI=1S/C13H16O/c1-3-10-8-11-6-4-5-7-12(11)13(9-10)14-2/h4-7,9-10H,3,8H2,1-2H3. The second-order valence-corrected chi connectivity index (χ2v) is 3.76. The number of benzene rings is 1. The van der Waals surface area contributed by atoms with Gasteiger partial charge >= 0.3 is 0 Å². The lowest BCUT2D eigenvalue weighted by Gasteiger charge is -2.22. The fourth-order valence-electron chi connectivity index (χ4n) is 2.02. The molecule has 1 heteroatoms. The Labute approximate surface area is 85.4 Å². The van der Waals surface area contributed by atoms with E-state index in [1.54, 1.807) is 7.11 Å². The molecule has 0 N–H and O–H groups in total. The Bertz CT molecular complexity index is 352. The van der Waals surface area contributed by atoms with Gasteiger partial charge in [-0.2, -0.15) is 0 Å². The van der Waals surface area contributed by atoms with Gasteiger partial charge in [0, 0.05) is 5.56 Å². The molecule has 0 saturated carbocycles. The number of allylic oxidation sites excluding steroid dienone is 1. The van der Waals surface area contributed by atoms with E-state index in [0.29, 0.717) is 5.92 Å². The molecule has 1 aromatic carbocycles. The van der Waals surface area contributed by atoms with Gasteiger partial charge in [0.1, 0.15) is 5.76 Å². The highest BCUT2D eigenvalue weighted by Crippen LogP contribution is 2.30. The molecule has 0 heterocycles. The van der Waals surface area contributed by atoms with Crippen molar-refractivity contribution >= 4 is 5.76 Å². The molecular formula is C13H16O. The summed E-state index contributed by atoms with van der Waals surface area (Å²) in [6, 6.07) is 8.50. The number of methoxy groups -OCH3 is 1. The van der Waals surface area contributed by atoms with Crippen LogP contribution in [0.5, 0.6) is 0 Å². The van der Waals surface area contributed by atoms with Crippen LogP contribution in [0, 0.1) is 5.92 Å². The average molecular weight is 188 g/mol. The summed E-state index contributed by atoms with van der Waals surface area (Å²) in [7, 11) is 1.75. The third kappa shape index (κ3) is 1.54. The molecule has 0 radical (unpaired) electrons. The van der Waals surface area contributed by atoms with Crippen LogP contribution in [0.1, 0.15) is 24.5 Å². The molecule has 0 aliphatic heterocycles. The summed E-state index contributed by atoms with van der Waals surface area (Å²) in [6.07, 6.45) is 4.59. The van der Waals surface area contributed by atoms with Crippen LogP contribution in [-0.2, 0) is 11.2 Å². The first-order valence-electron chi connectivity index (χ1n) is 5.19. The van der Waals surface area contributed by atoms with Gasteiger partial charge in [-0.1, -0.05) is 31.2 Å². The maximum Gasteiger partial charge on any atom is 0.122 e. The fourth-order valence-corrected chi connectivity index (χ4v) is 2.02. The summed E-state index contributed by atoms with van der Waals surface area (Å²) >= 11 is 0. The molecule has 0 spiro atoms. The van der Waals surface area contributed by atoms with Crippen LogP contribution < -0.4 is 0 Å². The minimum absolute atomic E-state index is 0.639. The van der Waals surface area contributed by atoms with Crippen LogP contribution in [0.2, 0.25) is 0 Å². The quantitative estimate of drug-likeness (QED) is 0.692. The van der Waals surface area contributed by atoms with Crippen LogP contribution in [0.3, 0.4) is 0 Å². The third-order valence-electron chi connectivity index (χ3n) is 2.90. The van der Waals surface area contributed by atoms with Crippen molar-refractivity contribution in [2.75, 3.05) is 7.11 Å². The summed E-state index contributed by atoms with van der Waals surface area (Å²) in [5.74, 6) is 1.68. The van der Waals surface area contributed by atoms with Gasteiger partial charge in [0.15, 0.2) is 0 Å². The van der Waals surface area contributed by atoms with Crippen molar-refractivity contribution < 1.29 is 4.74 Å². The first-order valence-corrected chi connectivity index (χ1v) is 5.19. The molecule has 0 amide bonds. The number of ether oxygens (including phenoxy) is 1. The molecule has 1 atom stereocenters. The molecule has 1 aliphatic rings. The highest BCUT2D eigenvalue weighted by molar-refractivity contribution is 5.65. The number of fused-ring (bicyclic) bond motifs is 1. The first kappa shape index (κ1) is 9.32. The van der Waals surface area contributed by atoms with E-state index < -0.39 is 0 Å². The topological polar surface area (TPSA) is 9.23 Å². The van der Waals surface area contributed by atoms with Gasteiger partial charge in [0.05, 0.1) is 7.11 Å². The Morgan fingerprint density at radius 2 is 2.14 bits per heavy atom. The smallest absolute Gasteiger partial charge is 0.122 e. The molecule has 0 aromatic heterocycles. The largest absolute Gasteiger partial charge is 0.496 e. The van der Waals surface area contributed by atoms with E-state index in [2.05, 4.69) is 37.3 Å². The highest BCUT2D eigenvalue weighted by atomic mass is 16.5. The van der Waals surface area contributed by atoms with Crippen molar-refractivity contribution in [1.29, 1.82) is 0 Å². The summed E-state index contributed by atoms with van der Waals surface area (Å²) in [5, 5.41) is 0. The molecule has 74 valence electrons. The lowest BCUT2D eigenvalue weighted by atomic mass is 9.87. The Morgan fingerprint density at radius 1 is 1.36 bits per heavy atom. The van der Waals surface area contributed by atoms with E-state index in [4.69, 9.17) is 4.74 Å². The highest BCUT2D eigenvalue weighted by Gasteiger charge is 2.17. The molecule has 1 nitrogen and oxygen atoms in total. The zero-order valence-corrected chi connectivity index (χ0v) is 8.79. The van der Waals surface area contributed by atoms with Crippen molar-refractivity contribution in [1.82, 2.24) is 0 Å². The van der Waals surface area contributed by atoms with Gasteiger partial charge in [-0.15, -0.1) is 0 Å². The van der Waals surface area contributed by atoms with E-state index in [9.17, 15) is 0 Å². The molecular weight excluding hydrogens is 172 g/mol. The second-order valence-electron chi connectivity index (χ2n) is 3.76. The Kier molecular flexibility index (Phi) is 2.58. The summed E-state index contributed by atoms with van der Waals surface area (Å²) in [6.45, 7) is 2.22. The maximum absolute atomic E-state index is 5.41. The Hall–Kier alpha value is -1.24. The van der Waals surface area contributed by atoms with Crippen molar-refractivity contribution in [2.24, 2.45) is 5.92 Å². The van der Waals surface area contributed by atoms with Gasteiger partial charge in [0.25, 0.3) is 0 Å². The van der Waals surface area contributed by atoms with Crippen LogP contribution in [0.4, 0.5) is 0 Å². The zero-order chi connectivity index (χ0) is 9.97. The zero-order valence-electron chi connectivity index (χ0n) is 8.79. The Morgan fingerprint density at radius 3 is 2.86 bits per heavy atom. The van der Waals surface area contributed by atoms with Gasteiger partial charge in [0.2, 0.25) is 0 Å². The maximum atomic E-state index is 5.41. The lowest BCUT2D eigenvalue weighted by Crippen LogP contribution is -2.10. The van der Waals surface area contributed by atoms with Crippen LogP contribution >= 0.6 is 0 Å².